The van der Waals surface area contributed by atoms with E-state index in [1.54, 1.807) is 7.11 Å². The van der Waals surface area contributed by atoms with E-state index in [2.05, 4.69) is 28.6 Å². The second kappa shape index (κ2) is 11.7. The van der Waals surface area contributed by atoms with Crippen LogP contribution in [0.4, 0.5) is 0 Å². The van der Waals surface area contributed by atoms with Crippen molar-refractivity contribution in [3.63, 3.8) is 0 Å². The molecule has 4 rings (SSSR count). The van der Waals surface area contributed by atoms with Gasteiger partial charge in [0.15, 0.2) is 0 Å². The second-order valence-corrected chi connectivity index (χ2v) is 11.1. The molecule has 1 N–H and O–H groups in total. The molecule has 2 aromatic rings. The molecular weight excluding hydrogens is 416 g/mol. The number of aliphatic hydroxyl groups is 1. The molecule has 1 saturated carbocycles. The molecule has 2 heterocycles. The number of likely N-dealkylation sites (tertiary alicyclic amines) is 1. The van der Waals surface area contributed by atoms with Crippen LogP contribution in [0, 0.1) is 11.8 Å². The first-order valence-corrected chi connectivity index (χ1v) is 13.7. The minimum absolute atomic E-state index is 0.452. The molecule has 1 aliphatic carbocycles. The lowest BCUT2D eigenvalue weighted by Gasteiger charge is -2.39. The summed E-state index contributed by atoms with van der Waals surface area (Å²) in [4.78, 5) is 7.17. The van der Waals surface area contributed by atoms with Crippen molar-refractivity contribution in [3.05, 3.63) is 36.0 Å². The maximum atomic E-state index is 11.1. The van der Waals surface area contributed by atoms with Crippen molar-refractivity contribution in [2.24, 2.45) is 11.8 Å². The van der Waals surface area contributed by atoms with Gasteiger partial charge < -0.3 is 14.7 Å². The number of aliphatic hydroxyl groups excluding tert-OH is 1. The molecule has 2 aliphatic rings. The summed E-state index contributed by atoms with van der Waals surface area (Å²) in [5, 5.41) is 13.0. The smallest absolute Gasteiger partial charge is 0.119 e. The molecule has 3 atom stereocenters. The molecule has 0 spiro atoms. The van der Waals surface area contributed by atoms with Gasteiger partial charge in [0, 0.05) is 35.7 Å². The third-order valence-corrected chi connectivity index (χ3v) is 8.96. The molecule has 5 heteroatoms. The zero-order valence-electron chi connectivity index (χ0n) is 19.8. The van der Waals surface area contributed by atoms with Crippen molar-refractivity contribution in [2.75, 3.05) is 32.5 Å². The second-order valence-electron chi connectivity index (χ2n) is 9.70. The minimum Gasteiger partial charge on any atom is -0.497 e. The topological polar surface area (TPSA) is 45.6 Å². The highest BCUT2D eigenvalue weighted by Crippen LogP contribution is 2.36. The van der Waals surface area contributed by atoms with Crippen LogP contribution < -0.4 is 4.74 Å². The van der Waals surface area contributed by atoms with Gasteiger partial charge in [-0.3, -0.25) is 4.98 Å². The summed E-state index contributed by atoms with van der Waals surface area (Å²) >= 11 is 2.20. The molecule has 0 bridgehead atoms. The Morgan fingerprint density at radius 3 is 2.81 bits per heavy atom. The number of rotatable bonds is 11. The molecule has 0 amide bonds. The summed E-state index contributed by atoms with van der Waals surface area (Å²) in [5.74, 6) is 3.60. The van der Waals surface area contributed by atoms with Crippen LogP contribution >= 0.6 is 11.8 Å². The van der Waals surface area contributed by atoms with Gasteiger partial charge in [-0.25, -0.2) is 0 Å². The average molecular weight is 457 g/mol. The number of thioether (sulfide) groups is 1. The van der Waals surface area contributed by atoms with Gasteiger partial charge in [0.25, 0.3) is 0 Å². The number of hydrogen-bond acceptors (Lipinski definition) is 5. The summed E-state index contributed by atoms with van der Waals surface area (Å²) in [6, 6.07) is 7.87. The molecule has 0 radical (unpaired) electrons. The quantitative estimate of drug-likeness (QED) is 0.444. The zero-order valence-corrected chi connectivity index (χ0v) is 20.7. The Labute approximate surface area is 198 Å². The third-order valence-electron chi connectivity index (χ3n) is 7.60. The molecule has 4 nitrogen and oxygen atoms in total. The van der Waals surface area contributed by atoms with Crippen molar-refractivity contribution in [2.45, 2.75) is 69.6 Å². The standard InChI is InChI=1S/C27H40N2O2S/c1-3-5-21-19-29(16-17-32-23-6-4-7-23)15-13-20(21)8-11-27(30)24-12-14-28-26-10-9-22(31-2)18-25(24)26/h9-10,12,14,18,20-21,23,27,30H,3-8,11,13,15-17,19H2,1-2H3/t20-,21-,27-/m1/s1. The Hall–Kier alpha value is -1.30. The first-order chi connectivity index (χ1) is 15.7. The molecular formula is C27H40N2O2S. The lowest BCUT2D eigenvalue weighted by molar-refractivity contribution is 0.0924. The van der Waals surface area contributed by atoms with Gasteiger partial charge in [0.05, 0.1) is 18.7 Å². The predicted octanol–water partition coefficient (Wildman–Crippen LogP) is 6.08. The Morgan fingerprint density at radius 2 is 2.06 bits per heavy atom. The fraction of sp³-hybridized carbons (Fsp3) is 0.667. The molecule has 1 aromatic carbocycles. The SMILES string of the molecule is CCC[C@@H]1CN(CCSC2CCC2)CC[C@H]1CC[C@@H](O)c1ccnc2ccc(OC)cc12. The van der Waals surface area contributed by atoms with Crippen molar-refractivity contribution in [1.82, 2.24) is 9.88 Å². The van der Waals surface area contributed by atoms with Crippen LogP contribution in [0.25, 0.3) is 10.9 Å². The number of methoxy groups -OCH3 is 1. The van der Waals surface area contributed by atoms with Gasteiger partial charge in [-0.2, -0.15) is 11.8 Å². The molecule has 32 heavy (non-hydrogen) atoms. The maximum absolute atomic E-state index is 11.1. The van der Waals surface area contributed by atoms with Gasteiger partial charge in [0.1, 0.15) is 5.75 Å². The first-order valence-electron chi connectivity index (χ1n) is 12.6. The van der Waals surface area contributed by atoms with E-state index in [-0.39, 0.29) is 0 Å². The molecule has 1 aromatic heterocycles. The normalized spacial score (nSPS) is 23.2. The van der Waals surface area contributed by atoms with Crippen LogP contribution in [0.15, 0.2) is 30.5 Å². The number of pyridine rings is 1. The van der Waals surface area contributed by atoms with Gasteiger partial charge in [-0.15, -0.1) is 0 Å². The Balaban J connectivity index is 1.32. The Morgan fingerprint density at radius 1 is 1.19 bits per heavy atom. The van der Waals surface area contributed by atoms with Gasteiger partial charge in [0.2, 0.25) is 0 Å². The predicted molar refractivity (Wildman–Crippen MR) is 136 cm³/mol. The summed E-state index contributed by atoms with van der Waals surface area (Å²) in [7, 11) is 1.68. The molecule has 1 saturated heterocycles. The van der Waals surface area contributed by atoms with Crippen LogP contribution in [0.5, 0.6) is 5.75 Å². The number of ether oxygens (including phenoxy) is 1. The van der Waals surface area contributed by atoms with E-state index in [1.807, 2.05) is 30.5 Å². The van der Waals surface area contributed by atoms with E-state index in [9.17, 15) is 5.11 Å². The lowest BCUT2D eigenvalue weighted by atomic mass is 9.79. The van der Waals surface area contributed by atoms with E-state index >= 15 is 0 Å². The Bertz CT molecular complexity index is 857. The molecule has 176 valence electrons. The molecule has 0 unspecified atom stereocenters. The van der Waals surface area contributed by atoms with E-state index in [0.29, 0.717) is 0 Å². The molecule has 2 fully saturated rings. The largest absolute Gasteiger partial charge is 0.497 e. The van der Waals surface area contributed by atoms with E-state index in [4.69, 9.17) is 4.74 Å². The van der Waals surface area contributed by atoms with Crippen molar-refractivity contribution in [3.8, 4) is 5.75 Å². The Kier molecular flexibility index (Phi) is 8.73. The highest BCUT2D eigenvalue weighted by molar-refractivity contribution is 7.99. The summed E-state index contributed by atoms with van der Waals surface area (Å²) in [6.45, 7) is 6.03. The number of fused-ring (bicyclic) bond motifs is 1. The van der Waals surface area contributed by atoms with Crippen LogP contribution in [-0.4, -0.2) is 52.7 Å². The number of nitrogens with zero attached hydrogens (tertiary/aromatic N) is 2. The highest BCUT2D eigenvalue weighted by Gasteiger charge is 2.29. The minimum atomic E-state index is -0.452. The summed E-state index contributed by atoms with van der Waals surface area (Å²) < 4.78 is 5.40. The van der Waals surface area contributed by atoms with Crippen LogP contribution in [-0.2, 0) is 0 Å². The average Bonchev–Trinajstić information content (AvgIpc) is 2.79. The number of aromatic nitrogens is 1. The summed E-state index contributed by atoms with van der Waals surface area (Å²) in [6.07, 6.45) is 11.4. The number of benzene rings is 1. The fourth-order valence-corrected chi connectivity index (χ4v) is 6.78. The van der Waals surface area contributed by atoms with Gasteiger partial charge in [-0.05, 0) is 86.7 Å². The molecule has 1 aliphatic heterocycles. The maximum Gasteiger partial charge on any atom is 0.119 e. The van der Waals surface area contributed by atoms with Gasteiger partial charge in [-0.1, -0.05) is 19.8 Å². The number of hydrogen-bond donors (Lipinski definition) is 1. The van der Waals surface area contributed by atoms with E-state index in [0.717, 1.165) is 52.1 Å². The van der Waals surface area contributed by atoms with Crippen LogP contribution in [0.2, 0.25) is 0 Å². The van der Waals surface area contributed by atoms with Crippen molar-refractivity contribution in [1.29, 1.82) is 0 Å². The van der Waals surface area contributed by atoms with E-state index < -0.39 is 6.10 Å². The van der Waals surface area contributed by atoms with Crippen LogP contribution in [0.3, 0.4) is 0 Å². The third kappa shape index (κ3) is 5.98. The van der Waals surface area contributed by atoms with Crippen LogP contribution in [0.1, 0.15) is 70.0 Å². The van der Waals surface area contributed by atoms with Crippen molar-refractivity contribution >= 4 is 22.7 Å². The van der Waals surface area contributed by atoms with Crippen molar-refractivity contribution < 1.29 is 9.84 Å². The van der Waals surface area contributed by atoms with Gasteiger partial charge >= 0.3 is 0 Å². The highest BCUT2D eigenvalue weighted by atomic mass is 32.2. The first kappa shape index (κ1) is 23.8. The monoisotopic (exact) mass is 456 g/mol. The number of piperidine rings is 1. The lowest BCUT2D eigenvalue weighted by Crippen LogP contribution is -2.41. The van der Waals surface area contributed by atoms with E-state index in [1.165, 1.54) is 63.9 Å². The zero-order chi connectivity index (χ0) is 22.3. The summed E-state index contributed by atoms with van der Waals surface area (Å²) in [5.41, 5.74) is 1.89. The fourth-order valence-electron chi connectivity index (χ4n) is 5.41.